The van der Waals surface area contributed by atoms with Crippen molar-refractivity contribution in [2.24, 2.45) is 11.8 Å². The molecule has 0 spiro atoms. The lowest BCUT2D eigenvalue weighted by atomic mass is 9.77. The Morgan fingerprint density at radius 3 is 2.48 bits per heavy atom. The minimum atomic E-state index is 0.0995. The van der Waals surface area contributed by atoms with Gasteiger partial charge < -0.3 is 10.6 Å². The molecule has 1 amide bonds. The molecule has 21 heavy (non-hydrogen) atoms. The van der Waals surface area contributed by atoms with Gasteiger partial charge in [0.1, 0.15) is 0 Å². The number of carbonyl (C=O) groups is 1. The summed E-state index contributed by atoms with van der Waals surface area (Å²) in [5.41, 5.74) is 1.17. The van der Waals surface area contributed by atoms with Crippen LogP contribution in [0.1, 0.15) is 43.7 Å². The third-order valence-electron chi connectivity index (χ3n) is 4.58. The smallest absolute Gasteiger partial charge is 0.234 e. The Balaban J connectivity index is 1.56. The molecule has 1 atom stereocenters. The Labute approximate surface area is 131 Å². The summed E-state index contributed by atoms with van der Waals surface area (Å²) in [6.07, 6.45) is 6.28. The van der Waals surface area contributed by atoms with Crippen molar-refractivity contribution in [3.63, 3.8) is 0 Å². The topological polar surface area (TPSA) is 41.1 Å². The number of hydrogen-bond acceptors (Lipinski definition) is 2. The SMILES string of the molecule is O=C(CNCC1CC1)NC(c1ccc(Cl)cc1)C1CCC1. The van der Waals surface area contributed by atoms with Crippen LogP contribution < -0.4 is 10.6 Å². The maximum absolute atomic E-state index is 12.1. The minimum Gasteiger partial charge on any atom is -0.348 e. The van der Waals surface area contributed by atoms with Gasteiger partial charge in [-0.3, -0.25) is 4.79 Å². The Morgan fingerprint density at radius 2 is 1.90 bits per heavy atom. The van der Waals surface area contributed by atoms with E-state index in [1.54, 1.807) is 0 Å². The first-order valence-electron chi connectivity index (χ1n) is 7.98. The number of nitrogens with one attached hydrogen (secondary N) is 2. The van der Waals surface area contributed by atoms with Crippen molar-refractivity contribution < 1.29 is 4.79 Å². The fourth-order valence-electron chi connectivity index (χ4n) is 2.85. The van der Waals surface area contributed by atoms with E-state index in [9.17, 15) is 4.79 Å². The fourth-order valence-corrected chi connectivity index (χ4v) is 2.98. The monoisotopic (exact) mass is 306 g/mol. The van der Waals surface area contributed by atoms with Gasteiger partial charge >= 0.3 is 0 Å². The maximum Gasteiger partial charge on any atom is 0.234 e. The summed E-state index contributed by atoms with van der Waals surface area (Å²) in [7, 11) is 0. The van der Waals surface area contributed by atoms with Crippen molar-refractivity contribution in [2.45, 2.75) is 38.1 Å². The maximum atomic E-state index is 12.1. The molecule has 4 heteroatoms. The van der Waals surface area contributed by atoms with Gasteiger partial charge in [0.25, 0.3) is 0 Å². The van der Waals surface area contributed by atoms with Crippen molar-refractivity contribution in [2.75, 3.05) is 13.1 Å². The van der Waals surface area contributed by atoms with E-state index in [4.69, 9.17) is 11.6 Å². The molecule has 0 radical (unpaired) electrons. The summed E-state index contributed by atoms with van der Waals surface area (Å²) in [6.45, 7) is 1.40. The highest BCUT2D eigenvalue weighted by atomic mass is 35.5. The Kier molecular flexibility index (Phi) is 4.81. The molecule has 2 aliphatic carbocycles. The molecule has 114 valence electrons. The van der Waals surface area contributed by atoms with Gasteiger partial charge in [-0.2, -0.15) is 0 Å². The summed E-state index contributed by atoms with van der Waals surface area (Å²) in [6, 6.07) is 8.00. The van der Waals surface area contributed by atoms with Crippen LogP contribution in [0.5, 0.6) is 0 Å². The van der Waals surface area contributed by atoms with Crippen molar-refractivity contribution in [3.8, 4) is 0 Å². The summed E-state index contributed by atoms with van der Waals surface area (Å²) < 4.78 is 0. The fraction of sp³-hybridized carbons (Fsp3) is 0.588. The predicted molar refractivity (Wildman–Crippen MR) is 85.3 cm³/mol. The Bertz CT molecular complexity index is 480. The molecule has 2 fully saturated rings. The molecule has 1 aromatic rings. The van der Waals surface area contributed by atoms with E-state index in [-0.39, 0.29) is 11.9 Å². The first-order chi connectivity index (χ1) is 10.2. The number of hydrogen-bond donors (Lipinski definition) is 2. The minimum absolute atomic E-state index is 0.0995. The van der Waals surface area contributed by atoms with E-state index in [0.29, 0.717) is 12.5 Å². The van der Waals surface area contributed by atoms with Crippen LogP contribution in [0.25, 0.3) is 0 Å². The zero-order valence-electron chi connectivity index (χ0n) is 12.3. The second kappa shape index (κ2) is 6.80. The molecule has 2 aliphatic rings. The average Bonchev–Trinajstić information content (AvgIpc) is 3.21. The first-order valence-corrected chi connectivity index (χ1v) is 8.36. The van der Waals surface area contributed by atoms with E-state index in [2.05, 4.69) is 10.6 Å². The molecule has 0 bridgehead atoms. The van der Waals surface area contributed by atoms with Gasteiger partial charge in [0.05, 0.1) is 12.6 Å². The largest absolute Gasteiger partial charge is 0.348 e. The van der Waals surface area contributed by atoms with E-state index < -0.39 is 0 Å². The lowest BCUT2D eigenvalue weighted by molar-refractivity contribution is -0.121. The van der Waals surface area contributed by atoms with Gasteiger partial charge in [-0.1, -0.05) is 30.2 Å². The molecular weight excluding hydrogens is 284 g/mol. The number of carbonyl (C=O) groups excluding carboxylic acids is 1. The van der Waals surface area contributed by atoms with Crippen molar-refractivity contribution in [1.29, 1.82) is 0 Å². The van der Waals surface area contributed by atoms with Crippen LogP contribution in [0.4, 0.5) is 0 Å². The molecule has 3 rings (SSSR count). The van der Waals surface area contributed by atoms with Gasteiger partial charge in [-0.25, -0.2) is 0 Å². The summed E-state index contributed by atoms with van der Waals surface area (Å²) >= 11 is 5.96. The van der Waals surface area contributed by atoms with Gasteiger partial charge in [-0.15, -0.1) is 0 Å². The van der Waals surface area contributed by atoms with Crippen molar-refractivity contribution >= 4 is 17.5 Å². The second-order valence-corrected chi connectivity index (χ2v) is 6.80. The quantitative estimate of drug-likeness (QED) is 0.811. The molecule has 2 N–H and O–H groups in total. The van der Waals surface area contributed by atoms with Gasteiger partial charge in [0, 0.05) is 5.02 Å². The molecule has 2 saturated carbocycles. The third kappa shape index (κ3) is 4.21. The first kappa shape index (κ1) is 14.9. The van der Waals surface area contributed by atoms with Crippen LogP contribution in [0, 0.1) is 11.8 Å². The third-order valence-corrected chi connectivity index (χ3v) is 4.83. The summed E-state index contributed by atoms with van der Waals surface area (Å²) in [4.78, 5) is 12.1. The molecule has 0 aliphatic heterocycles. The van der Waals surface area contributed by atoms with Crippen molar-refractivity contribution in [1.82, 2.24) is 10.6 Å². The van der Waals surface area contributed by atoms with Crippen LogP contribution in [0.15, 0.2) is 24.3 Å². The predicted octanol–water partition coefficient (Wildman–Crippen LogP) is 3.30. The molecule has 0 saturated heterocycles. The molecular formula is C17H23ClN2O. The Morgan fingerprint density at radius 1 is 1.19 bits per heavy atom. The highest BCUT2D eigenvalue weighted by Crippen LogP contribution is 2.37. The number of rotatable bonds is 7. The highest BCUT2D eigenvalue weighted by molar-refractivity contribution is 6.30. The zero-order valence-corrected chi connectivity index (χ0v) is 13.0. The number of halogens is 1. The average molecular weight is 307 g/mol. The van der Waals surface area contributed by atoms with E-state index in [1.165, 1.54) is 37.7 Å². The standard InChI is InChI=1S/C17H23ClN2O/c18-15-8-6-14(7-9-15)17(13-2-1-3-13)20-16(21)11-19-10-12-4-5-12/h6-9,12-13,17,19H,1-5,10-11H2,(H,20,21). The lowest BCUT2D eigenvalue weighted by Crippen LogP contribution is -2.41. The van der Waals surface area contributed by atoms with Gasteiger partial charge in [0.2, 0.25) is 5.91 Å². The van der Waals surface area contributed by atoms with Gasteiger partial charge in [0.15, 0.2) is 0 Å². The van der Waals surface area contributed by atoms with Crippen LogP contribution in [0.2, 0.25) is 5.02 Å². The van der Waals surface area contributed by atoms with E-state index >= 15 is 0 Å². The van der Waals surface area contributed by atoms with E-state index in [0.717, 1.165) is 17.5 Å². The van der Waals surface area contributed by atoms with E-state index in [1.807, 2.05) is 24.3 Å². The van der Waals surface area contributed by atoms with Gasteiger partial charge in [-0.05, 0) is 61.8 Å². The van der Waals surface area contributed by atoms with Crippen LogP contribution >= 0.6 is 11.6 Å². The molecule has 1 unspecified atom stereocenters. The number of amides is 1. The molecule has 0 heterocycles. The van der Waals surface area contributed by atoms with Crippen LogP contribution in [0.3, 0.4) is 0 Å². The molecule has 1 aromatic carbocycles. The van der Waals surface area contributed by atoms with Crippen LogP contribution in [-0.2, 0) is 4.79 Å². The lowest BCUT2D eigenvalue weighted by Gasteiger charge is -2.34. The normalized spacial score (nSPS) is 19.9. The highest BCUT2D eigenvalue weighted by Gasteiger charge is 2.29. The summed E-state index contributed by atoms with van der Waals surface area (Å²) in [5.74, 6) is 1.47. The zero-order chi connectivity index (χ0) is 14.7. The number of benzene rings is 1. The molecule has 0 aromatic heterocycles. The second-order valence-electron chi connectivity index (χ2n) is 6.36. The van der Waals surface area contributed by atoms with Crippen molar-refractivity contribution in [3.05, 3.63) is 34.9 Å². The Hall–Kier alpha value is -1.06. The van der Waals surface area contributed by atoms with Crippen LogP contribution in [-0.4, -0.2) is 19.0 Å². The molecule has 3 nitrogen and oxygen atoms in total. The summed E-state index contributed by atoms with van der Waals surface area (Å²) in [5, 5.41) is 7.20.